The molecule has 46 heavy (non-hydrogen) atoms. The van der Waals surface area contributed by atoms with E-state index in [4.69, 9.17) is 15.0 Å². The Morgan fingerprint density at radius 1 is 0.587 bits per heavy atom. The Kier molecular flexibility index (Phi) is 7.04. The molecule has 0 atom stereocenters. The highest BCUT2D eigenvalue weighted by molar-refractivity contribution is 6.23. The molecule has 0 spiro atoms. The third kappa shape index (κ3) is 4.79. The summed E-state index contributed by atoms with van der Waals surface area (Å²) >= 11 is 0. The maximum Gasteiger partial charge on any atom is 0.163 e. The minimum absolute atomic E-state index is 0.529. The molecule has 5 aromatic carbocycles. The Morgan fingerprint density at radius 3 is 1.72 bits per heavy atom. The van der Waals surface area contributed by atoms with E-state index in [1.165, 1.54) is 21.7 Å². The lowest BCUT2D eigenvalue weighted by molar-refractivity contribution is 0.945. The Bertz CT molecular complexity index is 2320. The van der Waals surface area contributed by atoms with Crippen molar-refractivity contribution in [1.29, 1.82) is 0 Å². The summed E-state index contributed by atoms with van der Waals surface area (Å²) in [6.07, 6.45) is 7.04. The Morgan fingerprint density at radius 2 is 1.11 bits per heavy atom. The van der Waals surface area contributed by atoms with Crippen molar-refractivity contribution < 1.29 is 0 Å². The molecule has 3 aromatic heterocycles. The zero-order chi connectivity index (χ0) is 30.9. The van der Waals surface area contributed by atoms with E-state index in [1.54, 1.807) is 0 Å². The van der Waals surface area contributed by atoms with E-state index in [1.807, 2.05) is 60.7 Å². The van der Waals surface area contributed by atoms with Crippen molar-refractivity contribution in [3.8, 4) is 28.5 Å². The molecule has 5 heteroatoms. The van der Waals surface area contributed by atoms with E-state index >= 15 is 0 Å². The second-order valence-electron chi connectivity index (χ2n) is 11.2. The first-order valence-electron chi connectivity index (χ1n) is 15.6. The molecule has 220 valence electrons. The highest BCUT2D eigenvalue weighted by Gasteiger charge is 2.22. The Hall–Kier alpha value is -6.07. The van der Waals surface area contributed by atoms with Crippen molar-refractivity contribution in [2.75, 3.05) is 0 Å². The predicted octanol–water partition coefficient (Wildman–Crippen LogP) is 9.92. The zero-order valence-electron chi connectivity index (χ0n) is 25.5. The number of allylic oxidation sites excluding steroid dienone is 4. The Labute approximate surface area is 267 Å². The van der Waals surface area contributed by atoms with Crippen LogP contribution in [0.2, 0.25) is 0 Å². The van der Waals surface area contributed by atoms with Gasteiger partial charge in [0.15, 0.2) is 11.6 Å². The number of rotatable bonds is 7. The summed E-state index contributed by atoms with van der Waals surface area (Å²) in [7, 11) is 0. The molecule has 0 aliphatic rings. The molecule has 0 bridgehead atoms. The first-order valence-corrected chi connectivity index (χ1v) is 15.6. The number of nitrogens with zero attached hydrogens (tertiary/aromatic N) is 5. The minimum atomic E-state index is 0.529. The monoisotopic (exact) mass is 593 g/mol. The van der Waals surface area contributed by atoms with Gasteiger partial charge >= 0.3 is 0 Å². The van der Waals surface area contributed by atoms with Gasteiger partial charge in [0, 0.05) is 45.1 Å². The van der Waals surface area contributed by atoms with Gasteiger partial charge in [-0.2, -0.15) is 0 Å². The summed E-state index contributed by atoms with van der Waals surface area (Å²) in [5.41, 5.74) is 7.56. The molecule has 8 aromatic rings. The molecule has 0 aliphatic carbocycles. The van der Waals surface area contributed by atoms with Crippen LogP contribution in [0.4, 0.5) is 0 Å². The fraction of sp³-hybridized carbons (Fsp3) is 0.0488. The van der Waals surface area contributed by atoms with Gasteiger partial charge in [0.2, 0.25) is 0 Å². The molecule has 0 amide bonds. The smallest absolute Gasteiger partial charge is 0.163 e. The molecule has 0 saturated carbocycles. The lowest BCUT2D eigenvalue weighted by Crippen LogP contribution is -2.05. The fourth-order valence-electron chi connectivity index (χ4n) is 6.34. The molecule has 0 unspecified atom stereocenters. The Balaban J connectivity index is 1.36. The van der Waals surface area contributed by atoms with Crippen molar-refractivity contribution in [2.24, 2.45) is 0 Å². The molecule has 8 rings (SSSR count). The average Bonchev–Trinajstić information content (AvgIpc) is 3.64. The second-order valence-corrected chi connectivity index (χ2v) is 11.2. The first kappa shape index (κ1) is 27.5. The van der Waals surface area contributed by atoms with Crippen LogP contribution >= 0.6 is 0 Å². The zero-order valence-corrected chi connectivity index (χ0v) is 25.5. The second kappa shape index (κ2) is 11.8. The van der Waals surface area contributed by atoms with Crippen molar-refractivity contribution in [2.45, 2.75) is 13.3 Å². The average molecular weight is 594 g/mol. The highest BCUT2D eigenvalue weighted by atomic mass is 15.1. The summed E-state index contributed by atoms with van der Waals surface area (Å²) in [5.74, 6) is 2.05. The molecule has 0 N–H and O–H groups in total. The quantitative estimate of drug-likeness (QED) is 0.173. The third-order valence-corrected chi connectivity index (χ3v) is 8.33. The maximum absolute atomic E-state index is 4.96. The van der Waals surface area contributed by atoms with E-state index in [0.717, 1.165) is 33.7 Å². The van der Waals surface area contributed by atoms with Gasteiger partial charge in [-0.15, -0.1) is 0 Å². The number of hydrogen-bond acceptors (Lipinski definition) is 3. The first-order chi connectivity index (χ1) is 22.8. The normalized spacial score (nSPS) is 12.2. The van der Waals surface area contributed by atoms with Crippen LogP contribution in [0.25, 0.3) is 67.0 Å². The topological polar surface area (TPSA) is 48.5 Å². The summed E-state index contributed by atoms with van der Waals surface area (Å²) in [5, 5.41) is 3.69. The number of fused-ring (bicyclic) bond motifs is 5. The van der Waals surface area contributed by atoms with Crippen molar-refractivity contribution in [3.05, 3.63) is 164 Å². The highest BCUT2D eigenvalue weighted by Crippen LogP contribution is 2.40. The van der Waals surface area contributed by atoms with Crippen molar-refractivity contribution in [1.82, 2.24) is 24.1 Å². The van der Waals surface area contributed by atoms with Gasteiger partial charge in [-0.3, -0.25) is 9.13 Å². The van der Waals surface area contributed by atoms with E-state index in [9.17, 15) is 0 Å². The third-order valence-electron chi connectivity index (χ3n) is 8.33. The van der Waals surface area contributed by atoms with Crippen LogP contribution in [0, 0.1) is 0 Å². The largest absolute Gasteiger partial charge is 0.295 e. The van der Waals surface area contributed by atoms with Gasteiger partial charge in [0.1, 0.15) is 11.5 Å². The molecule has 0 fully saturated rings. The minimum Gasteiger partial charge on any atom is -0.295 e. The maximum atomic E-state index is 4.96. The lowest BCUT2D eigenvalue weighted by Gasteiger charge is -2.14. The standard InChI is InChI=1S/C41H31N5/c1-2-16-31(27-28-37-42-39(29-17-6-3-7-18-29)44-40(43-37)30-19-8-4-9-20-30)45-35-25-14-12-23-33(35)38-34-24-13-15-26-36(34)46(41(38)45)32-21-10-5-11-22-32/h2-27H,28H2,1H3/b16-2-,31-27+. The number of hydrogen-bond donors (Lipinski definition) is 0. The number of para-hydroxylation sites is 3. The van der Waals surface area contributed by atoms with E-state index in [-0.39, 0.29) is 0 Å². The van der Waals surface area contributed by atoms with Gasteiger partial charge in [-0.05, 0) is 37.3 Å². The van der Waals surface area contributed by atoms with Gasteiger partial charge < -0.3 is 0 Å². The summed E-state index contributed by atoms with van der Waals surface area (Å²) in [6.45, 7) is 2.06. The molecule has 3 heterocycles. The molecular formula is C41H31N5. The summed E-state index contributed by atoms with van der Waals surface area (Å²) in [4.78, 5) is 14.8. The van der Waals surface area contributed by atoms with Crippen LogP contribution < -0.4 is 0 Å². The molecule has 0 saturated heterocycles. The van der Waals surface area contributed by atoms with Crippen molar-refractivity contribution in [3.63, 3.8) is 0 Å². The lowest BCUT2D eigenvalue weighted by atomic mass is 10.1. The fourth-order valence-corrected chi connectivity index (χ4v) is 6.34. The van der Waals surface area contributed by atoms with Crippen LogP contribution in [0.5, 0.6) is 0 Å². The van der Waals surface area contributed by atoms with Crippen LogP contribution in [0.3, 0.4) is 0 Å². The van der Waals surface area contributed by atoms with Crippen LogP contribution in [0.15, 0.2) is 158 Å². The number of aromatic nitrogens is 5. The van der Waals surface area contributed by atoms with Gasteiger partial charge in [-0.25, -0.2) is 15.0 Å². The molecular weight excluding hydrogens is 562 g/mol. The summed E-state index contributed by atoms with van der Waals surface area (Å²) in [6, 6.07) is 48.2. The molecule has 0 aliphatic heterocycles. The number of benzene rings is 5. The van der Waals surface area contributed by atoms with Crippen LogP contribution in [-0.2, 0) is 6.42 Å². The molecule has 0 radical (unpaired) electrons. The van der Waals surface area contributed by atoms with Gasteiger partial charge in [0.05, 0.1) is 11.0 Å². The van der Waals surface area contributed by atoms with Gasteiger partial charge in [0.25, 0.3) is 0 Å². The predicted molar refractivity (Wildman–Crippen MR) is 190 cm³/mol. The van der Waals surface area contributed by atoms with E-state index in [2.05, 4.69) is 113 Å². The van der Waals surface area contributed by atoms with E-state index in [0.29, 0.717) is 23.9 Å². The SMILES string of the molecule is C/C=C\C(=C/Cc1nc(-c2ccccc2)nc(-c2ccccc2)n1)n1c2ccccc2c2c3ccccc3n(-c3ccccc3)c21. The van der Waals surface area contributed by atoms with Crippen molar-refractivity contribution >= 4 is 38.5 Å². The van der Waals surface area contributed by atoms with E-state index < -0.39 is 0 Å². The summed E-state index contributed by atoms with van der Waals surface area (Å²) < 4.78 is 4.76. The van der Waals surface area contributed by atoms with Crippen LogP contribution in [-0.4, -0.2) is 24.1 Å². The van der Waals surface area contributed by atoms with Gasteiger partial charge in [-0.1, -0.05) is 127 Å². The van der Waals surface area contributed by atoms with Crippen LogP contribution in [0.1, 0.15) is 12.7 Å². The molecule has 5 nitrogen and oxygen atoms in total.